The van der Waals surface area contributed by atoms with Gasteiger partial charge in [-0.3, -0.25) is 5.32 Å². The predicted molar refractivity (Wildman–Crippen MR) is 54.7 cm³/mol. The molecule has 0 spiro atoms. The molecule has 1 rings (SSSR count). The minimum Gasteiger partial charge on any atom is -0.374 e. The molecule has 0 radical (unpaired) electrons. The Hall–Kier alpha value is -0.860. The van der Waals surface area contributed by atoms with Crippen molar-refractivity contribution in [2.75, 3.05) is 7.05 Å². The Labute approximate surface area is 79.6 Å². The third kappa shape index (κ3) is 2.08. The molecule has 2 nitrogen and oxygen atoms in total. The summed E-state index contributed by atoms with van der Waals surface area (Å²) in [7, 11) is 1.75. The molecule has 0 aliphatic carbocycles. The summed E-state index contributed by atoms with van der Waals surface area (Å²) in [4.78, 5) is 0. The molecule has 72 valence electrons. The zero-order valence-electron chi connectivity index (χ0n) is 8.68. The highest BCUT2D eigenvalue weighted by atomic mass is 16.3. The fourth-order valence-electron chi connectivity index (χ4n) is 1.77. The zero-order chi connectivity index (χ0) is 10.0. The van der Waals surface area contributed by atoms with E-state index >= 15 is 0 Å². The molecule has 0 fully saturated rings. The SMILES string of the molecule is CNC(O)c1c(C)cc(C)cc1C. The van der Waals surface area contributed by atoms with E-state index in [4.69, 9.17) is 0 Å². The van der Waals surface area contributed by atoms with Gasteiger partial charge in [-0.1, -0.05) is 17.7 Å². The molecule has 2 N–H and O–H groups in total. The lowest BCUT2D eigenvalue weighted by molar-refractivity contribution is 0.148. The molecule has 0 heterocycles. The van der Waals surface area contributed by atoms with Gasteiger partial charge in [-0.25, -0.2) is 0 Å². The number of nitrogens with one attached hydrogen (secondary N) is 1. The van der Waals surface area contributed by atoms with Crippen molar-refractivity contribution in [3.05, 3.63) is 34.4 Å². The van der Waals surface area contributed by atoms with Crippen LogP contribution in [0.15, 0.2) is 12.1 Å². The van der Waals surface area contributed by atoms with Gasteiger partial charge in [0.25, 0.3) is 0 Å². The van der Waals surface area contributed by atoms with E-state index in [0.717, 1.165) is 16.7 Å². The maximum absolute atomic E-state index is 9.67. The molecule has 0 amide bonds. The second kappa shape index (κ2) is 3.90. The number of aryl methyl sites for hydroxylation is 3. The van der Waals surface area contributed by atoms with Gasteiger partial charge >= 0.3 is 0 Å². The smallest absolute Gasteiger partial charge is 0.131 e. The number of hydrogen-bond donors (Lipinski definition) is 2. The van der Waals surface area contributed by atoms with Crippen molar-refractivity contribution in [3.63, 3.8) is 0 Å². The monoisotopic (exact) mass is 179 g/mol. The van der Waals surface area contributed by atoms with Crippen molar-refractivity contribution in [2.24, 2.45) is 0 Å². The minimum absolute atomic E-state index is 0.555. The number of aliphatic hydroxyl groups is 1. The largest absolute Gasteiger partial charge is 0.374 e. The molecule has 1 aromatic rings. The number of aliphatic hydroxyl groups excluding tert-OH is 1. The van der Waals surface area contributed by atoms with Gasteiger partial charge in [0.2, 0.25) is 0 Å². The molecular formula is C11H17NO. The van der Waals surface area contributed by atoms with Crippen LogP contribution in [0.25, 0.3) is 0 Å². The van der Waals surface area contributed by atoms with Crippen LogP contribution < -0.4 is 5.32 Å². The van der Waals surface area contributed by atoms with Crippen molar-refractivity contribution >= 4 is 0 Å². The highest BCUT2D eigenvalue weighted by Crippen LogP contribution is 2.21. The van der Waals surface area contributed by atoms with Crippen molar-refractivity contribution in [3.8, 4) is 0 Å². The maximum atomic E-state index is 9.67. The summed E-state index contributed by atoms with van der Waals surface area (Å²) < 4.78 is 0. The summed E-state index contributed by atoms with van der Waals surface area (Å²) in [6.45, 7) is 6.11. The lowest BCUT2D eigenvalue weighted by Crippen LogP contribution is -2.17. The topological polar surface area (TPSA) is 32.3 Å². The van der Waals surface area contributed by atoms with Crippen LogP contribution in [0.4, 0.5) is 0 Å². The lowest BCUT2D eigenvalue weighted by Gasteiger charge is -2.16. The van der Waals surface area contributed by atoms with E-state index in [-0.39, 0.29) is 0 Å². The predicted octanol–water partition coefficient (Wildman–Crippen LogP) is 1.82. The maximum Gasteiger partial charge on any atom is 0.131 e. The summed E-state index contributed by atoms with van der Waals surface area (Å²) in [5.41, 5.74) is 4.51. The average Bonchev–Trinajstić information content (AvgIpc) is 2.02. The number of hydrogen-bond acceptors (Lipinski definition) is 2. The van der Waals surface area contributed by atoms with Crippen LogP contribution in [0.5, 0.6) is 0 Å². The van der Waals surface area contributed by atoms with E-state index < -0.39 is 6.23 Å². The lowest BCUT2D eigenvalue weighted by atomic mass is 9.99. The number of rotatable bonds is 2. The van der Waals surface area contributed by atoms with Gasteiger partial charge in [-0.2, -0.15) is 0 Å². The van der Waals surface area contributed by atoms with E-state index in [1.54, 1.807) is 7.05 Å². The Morgan fingerprint density at radius 3 is 2.00 bits per heavy atom. The third-order valence-corrected chi connectivity index (χ3v) is 2.28. The standard InChI is InChI=1S/C11H17NO/c1-7-5-8(2)10(9(3)6-7)11(13)12-4/h5-6,11-13H,1-4H3. The molecule has 1 unspecified atom stereocenters. The first-order valence-corrected chi connectivity index (χ1v) is 4.49. The van der Waals surface area contributed by atoms with Crippen LogP contribution >= 0.6 is 0 Å². The Kier molecular flexibility index (Phi) is 3.07. The fraction of sp³-hybridized carbons (Fsp3) is 0.455. The third-order valence-electron chi connectivity index (χ3n) is 2.28. The number of benzene rings is 1. The van der Waals surface area contributed by atoms with Crippen molar-refractivity contribution in [1.82, 2.24) is 5.32 Å². The Morgan fingerprint density at radius 1 is 1.15 bits per heavy atom. The molecule has 0 saturated heterocycles. The Bertz CT molecular complexity index is 284. The van der Waals surface area contributed by atoms with Crippen LogP contribution in [0.3, 0.4) is 0 Å². The second-order valence-corrected chi connectivity index (χ2v) is 3.50. The van der Waals surface area contributed by atoms with Gasteiger partial charge < -0.3 is 5.11 Å². The van der Waals surface area contributed by atoms with E-state index in [1.165, 1.54) is 5.56 Å². The van der Waals surface area contributed by atoms with Crippen LogP contribution in [-0.2, 0) is 0 Å². The highest BCUT2D eigenvalue weighted by molar-refractivity contribution is 5.38. The molecule has 0 aliphatic rings. The average molecular weight is 179 g/mol. The summed E-state index contributed by atoms with van der Waals surface area (Å²) in [5.74, 6) is 0. The molecule has 1 aromatic carbocycles. The van der Waals surface area contributed by atoms with E-state index in [9.17, 15) is 5.11 Å². The van der Waals surface area contributed by atoms with Crippen LogP contribution in [0.2, 0.25) is 0 Å². The molecule has 13 heavy (non-hydrogen) atoms. The van der Waals surface area contributed by atoms with Gasteiger partial charge in [-0.15, -0.1) is 0 Å². The Morgan fingerprint density at radius 2 is 1.62 bits per heavy atom. The summed E-state index contributed by atoms with van der Waals surface area (Å²) in [6, 6.07) is 4.17. The molecule has 2 heteroatoms. The summed E-state index contributed by atoms with van der Waals surface area (Å²) in [6.07, 6.45) is -0.555. The van der Waals surface area contributed by atoms with Gasteiger partial charge in [-0.05, 0) is 38.9 Å². The normalized spacial score (nSPS) is 13.0. The first kappa shape index (κ1) is 10.2. The summed E-state index contributed by atoms with van der Waals surface area (Å²) in [5, 5.41) is 12.5. The summed E-state index contributed by atoms with van der Waals surface area (Å²) >= 11 is 0. The molecular weight excluding hydrogens is 162 g/mol. The van der Waals surface area contributed by atoms with Crippen LogP contribution in [0, 0.1) is 20.8 Å². The van der Waals surface area contributed by atoms with Gasteiger partial charge in [0.15, 0.2) is 0 Å². The quantitative estimate of drug-likeness (QED) is 0.679. The van der Waals surface area contributed by atoms with Gasteiger partial charge in [0.05, 0.1) is 0 Å². The van der Waals surface area contributed by atoms with Crippen LogP contribution in [-0.4, -0.2) is 12.2 Å². The van der Waals surface area contributed by atoms with E-state index in [2.05, 4.69) is 24.4 Å². The van der Waals surface area contributed by atoms with Crippen molar-refractivity contribution in [1.29, 1.82) is 0 Å². The Balaban J connectivity index is 3.20. The molecule has 0 aliphatic heterocycles. The molecule has 0 aromatic heterocycles. The van der Waals surface area contributed by atoms with Crippen molar-refractivity contribution < 1.29 is 5.11 Å². The van der Waals surface area contributed by atoms with Crippen LogP contribution in [0.1, 0.15) is 28.5 Å². The fourth-order valence-corrected chi connectivity index (χ4v) is 1.77. The first-order valence-electron chi connectivity index (χ1n) is 4.49. The van der Waals surface area contributed by atoms with Gasteiger partial charge in [0.1, 0.15) is 6.23 Å². The molecule has 0 bridgehead atoms. The van der Waals surface area contributed by atoms with E-state index in [0.29, 0.717) is 0 Å². The second-order valence-electron chi connectivity index (χ2n) is 3.50. The molecule has 0 saturated carbocycles. The van der Waals surface area contributed by atoms with E-state index in [1.807, 2.05) is 13.8 Å². The zero-order valence-corrected chi connectivity index (χ0v) is 8.68. The first-order chi connectivity index (χ1) is 6.06. The highest BCUT2D eigenvalue weighted by Gasteiger charge is 2.10. The van der Waals surface area contributed by atoms with Crippen molar-refractivity contribution in [2.45, 2.75) is 27.0 Å². The molecule has 1 atom stereocenters. The van der Waals surface area contributed by atoms with Gasteiger partial charge in [0, 0.05) is 5.56 Å². The minimum atomic E-state index is -0.555.